The number of likely N-dealkylation sites (tertiary alicyclic amines) is 1. The Bertz CT molecular complexity index is 1380. The van der Waals surface area contributed by atoms with Crippen molar-refractivity contribution in [2.45, 2.75) is 64.1 Å². The van der Waals surface area contributed by atoms with E-state index in [2.05, 4.69) is 0 Å². The van der Waals surface area contributed by atoms with Crippen molar-refractivity contribution in [3.8, 4) is 0 Å². The van der Waals surface area contributed by atoms with Crippen LogP contribution in [-0.2, 0) is 21.7 Å². The number of fused-ring (bicyclic) bond motifs is 8. The summed E-state index contributed by atoms with van der Waals surface area (Å²) >= 11 is 0. The van der Waals surface area contributed by atoms with E-state index in [1.54, 1.807) is 4.90 Å². The number of aliphatic imine (C=N–C) groups is 1. The molecule has 1 fully saturated rings. The maximum absolute atomic E-state index is 14.3. The van der Waals surface area contributed by atoms with Crippen LogP contribution in [0.25, 0.3) is 0 Å². The predicted molar refractivity (Wildman–Crippen MR) is 155 cm³/mol. The van der Waals surface area contributed by atoms with Crippen LogP contribution in [0.5, 0.6) is 0 Å². The van der Waals surface area contributed by atoms with Gasteiger partial charge in [-0.1, -0.05) is 62.4 Å². The van der Waals surface area contributed by atoms with Crippen LogP contribution in [-0.4, -0.2) is 57.5 Å². The number of carbonyl (C=O) groups is 3. The fourth-order valence-corrected chi connectivity index (χ4v) is 6.12. The van der Waals surface area contributed by atoms with E-state index in [1.807, 2.05) is 91.7 Å². The molecule has 2 aromatic rings. The molecule has 208 valence electrons. The van der Waals surface area contributed by atoms with Gasteiger partial charge in [0.05, 0.1) is 6.54 Å². The lowest BCUT2D eigenvalue weighted by molar-refractivity contribution is -0.131. The summed E-state index contributed by atoms with van der Waals surface area (Å²) in [5.41, 5.74) is 8.07. The zero-order valence-corrected chi connectivity index (χ0v) is 23.3. The molecule has 1 saturated heterocycles. The Morgan fingerprint density at radius 3 is 2.60 bits per heavy atom. The standard InChI is InChI=1S/C30H31N5O3.C2H6/c31-29-32-30(23-10-2-1-3-11-23)24-12-5-17-34(25(19-24)13-6-15-33-16-7-14-26(33)36)27(37)22-9-4-8-21(18-22)20-35(29)28(30)38;1-2/h1-5,8-12,17-18,25H,6-7,13-16,19-20H2,(H2,31,32);1-2H3. The Hall–Kier alpha value is -4.20. The predicted octanol–water partition coefficient (Wildman–Crippen LogP) is 4.34. The highest BCUT2D eigenvalue weighted by Crippen LogP contribution is 2.44. The topological polar surface area (TPSA) is 99.3 Å². The second-order valence-corrected chi connectivity index (χ2v) is 10.4. The van der Waals surface area contributed by atoms with Crippen LogP contribution in [0.15, 0.2) is 83.5 Å². The third-order valence-electron chi connectivity index (χ3n) is 8.05. The van der Waals surface area contributed by atoms with Crippen LogP contribution < -0.4 is 5.73 Å². The molecule has 6 bridgehead atoms. The molecule has 2 aromatic carbocycles. The van der Waals surface area contributed by atoms with Crippen molar-refractivity contribution < 1.29 is 14.4 Å². The molecule has 8 nitrogen and oxygen atoms in total. The van der Waals surface area contributed by atoms with E-state index < -0.39 is 5.54 Å². The van der Waals surface area contributed by atoms with Gasteiger partial charge in [0.2, 0.25) is 5.91 Å². The van der Waals surface area contributed by atoms with Gasteiger partial charge in [-0.15, -0.1) is 0 Å². The van der Waals surface area contributed by atoms with Crippen LogP contribution in [0.3, 0.4) is 0 Å². The molecule has 0 aromatic heterocycles. The molecule has 2 unspecified atom stereocenters. The molecule has 3 amide bonds. The van der Waals surface area contributed by atoms with E-state index in [1.165, 1.54) is 4.90 Å². The van der Waals surface area contributed by atoms with Crippen molar-refractivity contribution in [2.75, 3.05) is 13.1 Å². The number of amides is 3. The lowest BCUT2D eigenvalue weighted by Crippen LogP contribution is -2.45. The summed E-state index contributed by atoms with van der Waals surface area (Å²) in [6, 6.07) is 16.7. The number of nitrogens with two attached hydrogens (primary N) is 1. The Balaban J connectivity index is 0.00000158. The molecule has 0 aliphatic carbocycles. The normalized spacial score (nSPS) is 23.7. The molecule has 4 aliphatic heterocycles. The van der Waals surface area contributed by atoms with Crippen molar-refractivity contribution in [2.24, 2.45) is 10.7 Å². The number of allylic oxidation sites excluding steroid dienone is 2. The van der Waals surface area contributed by atoms with Crippen molar-refractivity contribution >= 4 is 23.7 Å². The molecule has 0 spiro atoms. The first-order valence-electron chi connectivity index (χ1n) is 14.3. The smallest absolute Gasteiger partial charge is 0.266 e. The number of hydrogen-bond donors (Lipinski definition) is 1. The number of rotatable bonds is 5. The first-order chi connectivity index (χ1) is 19.5. The van der Waals surface area contributed by atoms with E-state index in [4.69, 9.17) is 10.7 Å². The van der Waals surface area contributed by atoms with Crippen molar-refractivity contribution in [3.63, 3.8) is 0 Å². The highest BCUT2D eigenvalue weighted by molar-refractivity contribution is 6.09. The minimum atomic E-state index is -1.30. The average molecular weight is 540 g/mol. The van der Waals surface area contributed by atoms with Gasteiger partial charge in [0.1, 0.15) is 0 Å². The van der Waals surface area contributed by atoms with E-state index in [0.29, 0.717) is 31.4 Å². The Kier molecular flexibility index (Phi) is 7.87. The van der Waals surface area contributed by atoms with Crippen molar-refractivity contribution in [1.29, 1.82) is 0 Å². The highest BCUT2D eigenvalue weighted by atomic mass is 16.2. The maximum atomic E-state index is 14.3. The number of carbonyl (C=O) groups excluding carboxylic acids is 3. The molecule has 6 rings (SSSR count). The fourth-order valence-electron chi connectivity index (χ4n) is 6.12. The number of benzene rings is 2. The van der Waals surface area contributed by atoms with Crippen LogP contribution >= 0.6 is 0 Å². The van der Waals surface area contributed by atoms with Gasteiger partial charge in [0, 0.05) is 37.3 Å². The summed E-state index contributed by atoms with van der Waals surface area (Å²) in [7, 11) is 0. The van der Waals surface area contributed by atoms with Gasteiger partial charge in [-0.3, -0.25) is 19.3 Å². The fraction of sp³-hybridized carbons (Fsp3) is 0.375. The second kappa shape index (κ2) is 11.5. The molecule has 4 heterocycles. The monoisotopic (exact) mass is 539 g/mol. The van der Waals surface area contributed by atoms with Gasteiger partial charge in [-0.2, -0.15) is 0 Å². The third-order valence-corrected chi connectivity index (χ3v) is 8.05. The summed E-state index contributed by atoms with van der Waals surface area (Å²) in [6.07, 6.45) is 8.97. The highest BCUT2D eigenvalue weighted by Gasteiger charge is 2.52. The summed E-state index contributed by atoms with van der Waals surface area (Å²) < 4.78 is 0. The SMILES string of the molecule is CC.NC1=NC2(c3ccccc3)C(=O)N1Cc1cccc(c1)C(=O)N1C=CC=C2CC1CCCN1CCCC1=O. The van der Waals surface area contributed by atoms with Gasteiger partial charge in [0.15, 0.2) is 11.5 Å². The first kappa shape index (κ1) is 27.4. The zero-order valence-electron chi connectivity index (χ0n) is 23.3. The van der Waals surface area contributed by atoms with Crippen LogP contribution in [0.2, 0.25) is 0 Å². The molecule has 8 heteroatoms. The third kappa shape index (κ3) is 4.83. The van der Waals surface area contributed by atoms with Crippen molar-refractivity contribution in [3.05, 3.63) is 95.2 Å². The Morgan fingerprint density at radius 1 is 1.05 bits per heavy atom. The largest absolute Gasteiger partial charge is 0.369 e. The van der Waals surface area contributed by atoms with E-state index in [-0.39, 0.29) is 36.3 Å². The van der Waals surface area contributed by atoms with Crippen LogP contribution in [0.1, 0.15) is 67.4 Å². The van der Waals surface area contributed by atoms with E-state index >= 15 is 0 Å². The average Bonchev–Trinajstić information content (AvgIpc) is 3.41. The molecule has 0 saturated carbocycles. The van der Waals surface area contributed by atoms with E-state index in [0.717, 1.165) is 36.1 Å². The molecule has 2 atom stereocenters. The molecule has 0 radical (unpaired) electrons. The van der Waals surface area contributed by atoms with Gasteiger partial charge in [0.25, 0.3) is 11.8 Å². The van der Waals surface area contributed by atoms with Crippen molar-refractivity contribution in [1.82, 2.24) is 14.7 Å². The first-order valence-corrected chi connectivity index (χ1v) is 14.3. The number of nitrogens with zero attached hydrogens (tertiary/aromatic N) is 4. The summed E-state index contributed by atoms with van der Waals surface area (Å²) in [5, 5.41) is 0. The van der Waals surface area contributed by atoms with Gasteiger partial charge >= 0.3 is 0 Å². The molecule has 4 aliphatic rings. The zero-order chi connectivity index (χ0) is 28.3. The summed E-state index contributed by atoms with van der Waals surface area (Å²) in [6.45, 7) is 5.69. The van der Waals surface area contributed by atoms with Gasteiger partial charge < -0.3 is 15.5 Å². The van der Waals surface area contributed by atoms with Gasteiger partial charge in [-0.05, 0) is 60.6 Å². The number of hydrogen-bond acceptors (Lipinski definition) is 5. The Labute approximate surface area is 235 Å². The molecule has 40 heavy (non-hydrogen) atoms. The number of guanidine groups is 1. The maximum Gasteiger partial charge on any atom is 0.266 e. The van der Waals surface area contributed by atoms with Gasteiger partial charge in [-0.25, -0.2) is 4.99 Å². The van der Waals surface area contributed by atoms with Crippen LogP contribution in [0.4, 0.5) is 0 Å². The summed E-state index contributed by atoms with van der Waals surface area (Å²) in [4.78, 5) is 50.4. The second-order valence-electron chi connectivity index (χ2n) is 10.4. The minimum Gasteiger partial charge on any atom is -0.369 e. The molecule has 2 N–H and O–H groups in total. The van der Waals surface area contributed by atoms with Crippen LogP contribution in [0, 0.1) is 0 Å². The molecular weight excluding hydrogens is 502 g/mol. The Morgan fingerprint density at radius 2 is 1.85 bits per heavy atom. The lowest BCUT2D eigenvalue weighted by Gasteiger charge is -2.34. The summed E-state index contributed by atoms with van der Waals surface area (Å²) in [5.74, 6) is 0.0949. The van der Waals surface area contributed by atoms with E-state index in [9.17, 15) is 14.4 Å². The quantitative estimate of drug-likeness (QED) is 0.611. The lowest BCUT2D eigenvalue weighted by atomic mass is 9.78. The molecular formula is C32H37N5O3. The minimum absolute atomic E-state index is 0.0862.